The lowest BCUT2D eigenvalue weighted by Crippen LogP contribution is -2.51. The van der Waals surface area contributed by atoms with Crippen LogP contribution in [0.15, 0.2) is 0 Å². The minimum atomic E-state index is 0. The van der Waals surface area contributed by atoms with Crippen LogP contribution in [0.25, 0.3) is 0 Å². The number of carbonyl (C=O) groups is 1. The second-order valence-electron chi connectivity index (χ2n) is 5.51. The zero-order chi connectivity index (χ0) is 13.0. The summed E-state index contributed by atoms with van der Waals surface area (Å²) in [4.78, 5) is 16.6. The van der Waals surface area contributed by atoms with Crippen LogP contribution in [0.5, 0.6) is 0 Å². The molecule has 0 radical (unpaired) electrons. The Bertz CT molecular complexity index is 283. The van der Waals surface area contributed by atoms with Crippen LogP contribution < -0.4 is 5.73 Å². The van der Waals surface area contributed by atoms with Crippen LogP contribution in [0.1, 0.15) is 25.7 Å². The van der Waals surface area contributed by atoms with E-state index in [4.69, 9.17) is 10.8 Å². The number of β-amino-alcohol motifs (C(OH)–C–C–N with tert-alkyl or cyclic N) is 1. The van der Waals surface area contributed by atoms with E-state index in [1.807, 2.05) is 4.90 Å². The van der Waals surface area contributed by atoms with Crippen molar-refractivity contribution in [1.29, 1.82) is 0 Å². The van der Waals surface area contributed by atoms with E-state index in [1.165, 1.54) is 0 Å². The van der Waals surface area contributed by atoms with Crippen molar-refractivity contribution in [1.82, 2.24) is 9.80 Å². The van der Waals surface area contributed by atoms with Gasteiger partial charge in [-0.2, -0.15) is 0 Å². The predicted octanol–water partition coefficient (Wildman–Crippen LogP) is 0.0622. The maximum absolute atomic E-state index is 12.4. The predicted molar refractivity (Wildman–Crippen MR) is 77.3 cm³/mol. The molecule has 2 rings (SSSR count). The number of halogens is 1. The molecule has 1 saturated carbocycles. The molecular weight excluding hydrogens is 266 g/mol. The van der Waals surface area contributed by atoms with Crippen LogP contribution in [0.2, 0.25) is 0 Å². The molecule has 5 nitrogen and oxygen atoms in total. The summed E-state index contributed by atoms with van der Waals surface area (Å²) in [6.07, 6.45) is 4.01. The fourth-order valence-corrected chi connectivity index (χ4v) is 3.04. The van der Waals surface area contributed by atoms with Gasteiger partial charge in [-0.25, -0.2) is 0 Å². The minimum Gasteiger partial charge on any atom is -0.395 e. The van der Waals surface area contributed by atoms with E-state index in [1.54, 1.807) is 0 Å². The molecule has 2 atom stereocenters. The molecule has 1 heterocycles. The number of hydrogen-bond donors (Lipinski definition) is 2. The Balaban J connectivity index is 0.00000180. The number of aliphatic hydroxyl groups excluding tert-OH is 1. The van der Waals surface area contributed by atoms with Gasteiger partial charge < -0.3 is 15.7 Å². The average Bonchev–Trinajstić information content (AvgIpc) is 2.39. The van der Waals surface area contributed by atoms with E-state index in [2.05, 4.69) is 4.90 Å². The normalized spacial score (nSPS) is 28.8. The number of piperazine rings is 1. The molecule has 0 aromatic carbocycles. The molecule has 1 saturated heterocycles. The van der Waals surface area contributed by atoms with Crippen molar-refractivity contribution in [3.8, 4) is 0 Å². The molecule has 2 unspecified atom stereocenters. The van der Waals surface area contributed by atoms with Crippen molar-refractivity contribution in [2.45, 2.75) is 31.7 Å². The van der Waals surface area contributed by atoms with Gasteiger partial charge in [-0.15, -0.1) is 12.4 Å². The average molecular weight is 292 g/mol. The van der Waals surface area contributed by atoms with Gasteiger partial charge in [-0.05, 0) is 19.3 Å². The lowest BCUT2D eigenvalue weighted by atomic mass is 9.85. The fraction of sp³-hybridized carbons (Fsp3) is 0.923. The third kappa shape index (κ3) is 4.60. The van der Waals surface area contributed by atoms with Crippen LogP contribution in [0, 0.1) is 5.92 Å². The molecule has 0 aromatic heterocycles. The first kappa shape index (κ1) is 16.7. The molecule has 0 aromatic rings. The highest BCUT2D eigenvalue weighted by Crippen LogP contribution is 2.25. The molecule has 112 valence electrons. The molecule has 3 N–H and O–H groups in total. The van der Waals surface area contributed by atoms with Gasteiger partial charge in [0.15, 0.2) is 0 Å². The lowest BCUT2D eigenvalue weighted by molar-refractivity contribution is -0.138. The standard InChI is InChI=1S/C13H25N3O2.ClH/c14-12-3-1-2-11(10-12)13(18)16-6-4-15(5-7-16)8-9-17;/h11-12,17H,1-10,14H2;1H. The summed E-state index contributed by atoms with van der Waals surface area (Å²) < 4.78 is 0. The molecule has 2 fully saturated rings. The summed E-state index contributed by atoms with van der Waals surface area (Å²) in [6, 6.07) is 0.211. The van der Waals surface area contributed by atoms with Gasteiger partial charge in [0, 0.05) is 44.7 Å². The van der Waals surface area contributed by atoms with Gasteiger partial charge >= 0.3 is 0 Å². The first-order chi connectivity index (χ1) is 8.70. The van der Waals surface area contributed by atoms with E-state index in [-0.39, 0.29) is 31.0 Å². The van der Waals surface area contributed by atoms with E-state index < -0.39 is 0 Å². The maximum Gasteiger partial charge on any atom is 0.225 e. The number of amides is 1. The van der Waals surface area contributed by atoms with Gasteiger partial charge in [0.1, 0.15) is 0 Å². The number of nitrogens with zero attached hydrogens (tertiary/aromatic N) is 2. The van der Waals surface area contributed by atoms with Gasteiger partial charge in [-0.3, -0.25) is 9.69 Å². The van der Waals surface area contributed by atoms with Gasteiger partial charge in [0.25, 0.3) is 0 Å². The Kier molecular flexibility index (Phi) is 7.07. The smallest absolute Gasteiger partial charge is 0.225 e. The van der Waals surface area contributed by atoms with E-state index in [0.29, 0.717) is 5.91 Å². The second-order valence-corrected chi connectivity index (χ2v) is 5.51. The number of carbonyl (C=O) groups excluding carboxylic acids is 1. The van der Waals surface area contributed by atoms with Crippen molar-refractivity contribution < 1.29 is 9.90 Å². The van der Waals surface area contributed by atoms with Gasteiger partial charge in [-0.1, -0.05) is 6.42 Å². The summed E-state index contributed by atoms with van der Waals surface area (Å²) in [5, 5.41) is 8.89. The summed E-state index contributed by atoms with van der Waals surface area (Å²) in [5.41, 5.74) is 5.95. The first-order valence-corrected chi connectivity index (χ1v) is 7.08. The van der Waals surface area contributed by atoms with Crippen molar-refractivity contribution >= 4 is 18.3 Å². The minimum absolute atomic E-state index is 0. The van der Waals surface area contributed by atoms with Crippen LogP contribution in [-0.2, 0) is 4.79 Å². The SMILES string of the molecule is Cl.NC1CCCC(C(=O)N2CCN(CCO)CC2)C1. The Hall–Kier alpha value is -0.360. The van der Waals surface area contributed by atoms with E-state index in [9.17, 15) is 4.79 Å². The number of rotatable bonds is 3. The van der Waals surface area contributed by atoms with Crippen LogP contribution >= 0.6 is 12.4 Å². The van der Waals surface area contributed by atoms with Crippen LogP contribution in [-0.4, -0.2) is 66.2 Å². The largest absolute Gasteiger partial charge is 0.395 e. The third-order valence-corrected chi connectivity index (χ3v) is 4.16. The molecule has 0 spiro atoms. The molecule has 1 aliphatic carbocycles. The summed E-state index contributed by atoms with van der Waals surface area (Å²) in [5.74, 6) is 0.451. The Morgan fingerprint density at radius 3 is 2.47 bits per heavy atom. The monoisotopic (exact) mass is 291 g/mol. The first-order valence-electron chi connectivity index (χ1n) is 7.08. The molecule has 0 bridgehead atoms. The van der Waals surface area contributed by atoms with E-state index >= 15 is 0 Å². The zero-order valence-corrected chi connectivity index (χ0v) is 12.3. The highest BCUT2D eigenvalue weighted by atomic mass is 35.5. The summed E-state index contributed by atoms with van der Waals surface area (Å²) in [6.45, 7) is 4.27. The molecule has 1 amide bonds. The van der Waals surface area contributed by atoms with Crippen molar-refractivity contribution in [3.05, 3.63) is 0 Å². The lowest BCUT2D eigenvalue weighted by Gasteiger charge is -2.37. The number of nitrogens with two attached hydrogens (primary N) is 1. The van der Waals surface area contributed by atoms with Crippen LogP contribution in [0.3, 0.4) is 0 Å². The number of hydrogen-bond acceptors (Lipinski definition) is 4. The molecule has 2 aliphatic rings. The summed E-state index contributed by atoms with van der Waals surface area (Å²) in [7, 11) is 0. The Morgan fingerprint density at radius 1 is 1.21 bits per heavy atom. The number of aliphatic hydroxyl groups is 1. The topological polar surface area (TPSA) is 69.8 Å². The fourth-order valence-electron chi connectivity index (χ4n) is 3.04. The van der Waals surface area contributed by atoms with Crippen LogP contribution in [0.4, 0.5) is 0 Å². The van der Waals surface area contributed by atoms with Crippen molar-refractivity contribution in [2.75, 3.05) is 39.3 Å². The molecule has 6 heteroatoms. The van der Waals surface area contributed by atoms with Crippen molar-refractivity contribution in [2.24, 2.45) is 11.7 Å². The molecular formula is C13H26ClN3O2. The summed E-state index contributed by atoms with van der Waals surface area (Å²) >= 11 is 0. The van der Waals surface area contributed by atoms with E-state index in [0.717, 1.165) is 58.4 Å². The second kappa shape index (κ2) is 8.04. The van der Waals surface area contributed by atoms with Gasteiger partial charge in [0.05, 0.1) is 6.61 Å². The highest BCUT2D eigenvalue weighted by molar-refractivity contribution is 5.85. The molecule has 1 aliphatic heterocycles. The Morgan fingerprint density at radius 2 is 1.89 bits per heavy atom. The van der Waals surface area contributed by atoms with Gasteiger partial charge in [0.2, 0.25) is 5.91 Å². The molecule has 19 heavy (non-hydrogen) atoms. The Labute approximate surface area is 121 Å². The zero-order valence-electron chi connectivity index (χ0n) is 11.5. The highest BCUT2D eigenvalue weighted by Gasteiger charge is 2.30. The maximum atomic E-state index is 12.4. The van der Waals surface area contributed by atoms with Crippen molar-refractivity contribution in [3.63, 3.8) is 0 Å². The third-order valence-electron chi connectivity index (χ3n) is 4.16. The quantitative estimate of drug-likeness (QED) is 0.772.